The lowest BCUT2D eigenvalue weighted by atomic mass is 10.1. The molecule has 0 aliphatic rings. The average Bonchev–Trinajstić information content (AvgIpc) is 2.00. The van der Waals surface area contributed by atoms with Crippen molar-refractivity contribution in [1.29, 1.82) is 0 Å². The molecule has 0 spiro atoms. The summed E-state index contributed by atoms with van der Waals surface area (Å²) in [5, 5.41) is 0. The highest BCUT2D eigenvalue weighted by atomic mass is 35.5. The van der Waals surface area contributed by atoms with E-state index < -0.39 is 0 Å². The van der Waals surface area contributed by atoms with Crippen molar-refractivity contribution in [2.24, 2.45) is 0 Å². The van der Waals surface area contributed by atoms with Crippen molar-refractivity contribution in [3.05, 3.63) is 0 Å². The second-order valence-electron chi connectivity index (χ2n) is 4.75. The molecule has 2 nitrogen and oxygen atoms in total. The van der Waals surface area contributed by atoms with E-state index in [0.717, 1.165) is 12.8 Å². The van der Waals surface area contributed by atoms with E-state index >= 15 is 0 Å². The van der Waals surface area contributed by atoms with Crippen molar-refractivity contribution >= 4 is 18.4 Å². The molecule has 0 radical (unpaired) electrons. The van der Waals surface area contributed by atoms with E-state index in [1.54, 1.807) is 0 Å². The molecule has 0 heterocycles. The van der Waals surface area contributed by atoms with Crippen LogP contribution < -0.4 is 0 Å². The topological polar surface area (TPSA) is 26.3 Å². The maximum Gasteiger partial charge on any atom is 0.306 e. The Bertz CT molecular complexity index is 161. The molecule has 0 amide bonds. The van der Waals surface area contributed by atoms with E-state index in [1.165, 1.54) is 19.3 Å². The first-order valence-electron chi connectivity index (χ1n) is 5.67. The molecular formula is C12H25ClO2. The van der Waals surface area contributed by atoms with Gasteiger partial charge in [-0.2, -0.15) is 0 Å². The van der Waals surface area contributed by atoms with Crippen LogP contribution >= 0.6 is 12.4 Å². The minimum absolute atomic E-state index is 0. The van der Waals surface area contributed by atoms with Gasteiger partial charge in [0.2, 0.25) is 0 Å². The summed E-state index contributed by atoms with van der Waals surface area (Å²) < 4.78 is 5.21. The molecule has 0 aromatic rings. The molecule has 0 rings (SSSR count). The highest BCUT2D eigenvalue weighted by Crippen LogP contribution is 2.11. The van der Waals surface area contributed by atoms with E-state index in [9.17, 15) is 4.79 Å². The van der Waals surface area contributed by atoms with Gasteiger partial charge in [0.05, 0.1) is 0 Å². The minimum atomic E-state index is -0.333. The predicted octanol–water partition coefficient (Wildman–Crippen LogP) is 4.11. The first-order chi connectivity index (χ1) is 6.45. The molecule has 0 aromatic heterocycles. The third-order valence-corrected chi connectivity index (χ3v) is 1.90. The molecule has 0 fully saturated rings. The van der Waals surface area contributed by atoms with Gasteiger partial charge in [-0.1, -0.05) is 32.6 Å². The van der Waals surface area contributed by atoms with E-state index in [0.29, 0.717) is 6.42 Å². The summed E-state index contributed by atoms with van der Waals surface area (Å²) in [6.45, 7) is 7.90. The Morgan fingerprint density at radius 1 is 1.07 bits per heavy atom. The quantitative estimate of drug-likeness (QED) is 0.513. The average molecular weight is 237 g/mol. The molecule has 15 heavy (non-hydrogen) atoms. The van der Waals surface area contributed by atoms with Crippen LogP contribution in [0.1, 0.15) is 66.2 Å². The Hall–Kier alpha value is -0.240. The van der Waals surface area contributed by atoms with Gasteiger partial charge in [0.25, 0.3) is 0 Å². The Labute approximate surface area is 100 Å². The van der Waals surface area contributed by atoms with Gasteiger partial charge in [0.15, 0.2) is 0 Å². The van der Waals surface area contributed by atoms with Gasteiger partial charge in [-0.05, 0) is 27.2 Å². The summed E-state index contributed by atoms with van der Waals surface area (Å²) >= 11 is 0. The fraction of sp³-hybridized carbons (Fsp3) is 0.917. The van der Waals surface area contributed by atoms with Crippen molar-refractivity contribution in [1.82, 2.24) is 0 Å². The van der Waals surface area contributed by atoms with E-state index in [2.05, 4.69) is 6.92 Å². The Balaban J connectivity index is 0. The predicted molar refractivity (Wildman–Crippen MR) is 66.5 cm³/mol. The number of esters is 1. The molecule has 0 aliphatic carbocycles. The van der Waals surface area contributed by atoms with Crippen LogP contribution in [0.2, 0.25) is 0 Å². The summed E-state index contributed by atoms with van der Waals surface area (Å²) in [6, 6.07) is 0. The molecule has 0 aromatic carbocycles. The zero-order valence-electron chi connectivity index (χ0n) is 10.5. The summed E-state index contributed by atoms with van der Waals surface area (Å²) in [7, 11) is 0. The summed E-state index contributed by atoms with van der Waals surface area (Å²) in [6.07, 6.45) is 6.43. The molecule has 0 bridgehead atoms. The molecule has 0 unspecified atom stereocenters. The minimum Gasteiger partial charge on any atom is -0.460 e. The summed E-state index contributed by atoms with van der Waals surface area (Å²) in [5.41, 5.74) is -0.333. The maximum atomic E-state index is 11.3. The molecule has 0 N–H and O–H groups in total. The monoisotopic (exact) mass is 236 g/mol. The van der Waals surface area contributed by atoms with Crippen LogP contribution in [0.4, 0.5) is 0 Å². The lowest BCUT2D eigenvalue weighted by Crippen LogP contribution is -2.23. The zero-order chi connectivity index (χ0) is 11.0. The van der Waals surface area contributed by atoms with Crippen LogP contribution in [0, 0.1) is 0 Å². The fourth-order valence-electron chi connectivity index (χ4n) is 1.27. The van der Waals surface area contributed by atoms with Gasteiger partial charge in [-0.3, -0.25) is 4.79 Å². The van der Waals surface area contributed by atoms with Gasteiger partial charge >= 0.3 is 5.97 Å². The molecule has 92 valence electrons. The number of unbranched alkanes of at least 4 members (excludes halogenated alkanes) is 4. The smallest absolute Gasteiger partial charge is 0.306 e. The number of hydrogen-bond acceptors (Lipinski definition) is 2. The van der Waals surface area contributed by atoms with Gasteiger partial charge in [0, 0.05) is 6.42 Å². The van der Waals surface area contributed by atoms with Crippen LogP contribution in [-0.4, -0.2) is 11.6 Å². The van der Waals surface area contributed by atoms with E-state index in [-0.39, 0.29) is 24.0 Å². The van der Waals surface area contributed by atoms with Gasteiger partial charge in [0.1, 0.15) is 5.60 Å². The normalized spacial score (nSPS) is 10.7. The first-order valence-corrected chi connectivity index (χ1v) is 5.67. The Morgan fingerprint density at radius 3 is 2.07 bits per heavy atom. The van der Waals surface area contributed by atoms with Crippen molar-refractivity contribution in [3.8, 4) is 0 Å². The third kappa shape index (κ3) is 13.8. The highest BCUT2D eigenvalue weighted by Gasteiger charge is 2.15. The number of hydrogen-bond donors (Lipinski definition) is 0. The number of ether oxygens (including phenoxy) is 1. The second-order valence-corrected chi connectivity index (χ2v) is 4.75. The summed E-state index contributed by atoms with van der Waals surface area (Å²) in [5.74, 6) is -0.0611. The molecule has 0 aliphatic heterocycles. The van der Waals surface area contributed by atoms with Crippen LogP contribution in [-0.2, 0) is 9.53 Å². The molecule has 0 saturated carbocycles. The molecular weight excluding hydrogens is 212 g/mol. The maximum absolute atomic E-state index is 11.3. The van der Waals surface area contributed by atoms with Gasteiger partial charge in [-0.15, -0.1) is 12.4 Å². The van der Waals surface area contributed by atoms with Crippen LogP contribution in [0.25, 0.3) is 0 Å². The number of rotatable bonds is 6. The largest absolute Gasteiger partial charge is 0.460 e. The van der Waals surface area contributed by atoms with Crippen molar-refractivity contribution in [2.45, 2.75) is 71.8 Å². The van der Waals surface area contributed by atoms with E-state index in [4.69, 9.17) is 4.74 Å². The SMILES string of the molecule is CCCCCCCC(=O)OC(C)(C)C.Cl. The lowest BCUT2D eigenvalue weighted by Gasteiger charge is -2.19. The number of halogens is 1. The Kier molecular flexibility index (Phi) is 10.3. The highest BCUT2D eigenvalue weighted by molar-refractivity contribution is 5.85. The third-order valence-electron chi connectivity index (χ3n) is 1.90. The summed E-state index contributed by atoms with van der Waals surface area (Å²) in [4.78, 5) is 11.3. The van der Waals surface area contributed by atoms with Gasteiger partial charge in [-0.25, -0.2) is 0 Å². The molecule has 3 heteroatoms. The Morgan fingerprint density at radius 2 is 1.60 bits per heavy atom. The van der Waals surface area contributed by atoms with Gasteiger partial charge < -0.3 is 4.74 Å². The molecule has 0 atom stereocenters. The van der Waals surface area contributed by atoms with Crippen LogP contribution in [0.5, 0.6) is 0 Å². The zero-order valence-corrected chi connectivity index (χ0v) is 11.3. The van der Waals surface area contributed by atoms with Crippen LogP contribution in [0.15, 0.2) is 0 Å². The number of carbonyl (C=O) groups is 1. The van der Waals surface area contributed by atoms with Crippen molar-refractivity contribution in [3.63, 3.8) is 0 Å². The number of carbonyl (C=O) groups excluding carboxylic acids is 1. The second kappa shape index (κ2) is 9.02. The standard InChI is InChI=1S/C12H24O2.ClH/c1-5-6-7-8-9-10-11(13)14-12(2,3)4;/h5-10H2,1-4H3;1H. The molecule has 0 saturated heterocycles. The van der Waals surface area contributed by atoms with E-state index in [1.807, 2.05) is 20.8 Å². The fourth-order valence-corrected chi connectivity index (χ4v) is 1.27. The van der Waals surface area contributed by atoms with Crippen molar-refractivity contribution < 1.29 is 9.53 Å². The van der Waals surface area contributed by atoms with Crippen molar-refractivity contribution in [2.75, 3.05) is 0 Å². The first kappa shape index (κ1) is 17.2. The lowest BCUT2D eigenvalue weighted by molar-refractivity contribution is -0.154. The van der Waals surface area contributed by atoms with Crippen LogP contribution in [0.3, 0.4) is 0 Å².